The quantitative estimate of drug-likeness (QED) is 0.720. The molecule has 1 rings (SSSR count). The van der Waals surface area contributed by atoms with Gasteiger partial charge in [-0.15, -0.1) is 0 Å². The first-order valence-electron chi connectivity index (χ1n) is 5.84. The topological polar surface area (TPSA) is 55.1 Å². The molecule has 3 N–H and O–H groups in total. The summed E-state index contributed by atoms with van der Waals surface area (Å²) in [5.74, 6) is -0.0951. The van der Waals surface area contributed by atoms with E-state index in [1.807, 2.05) is 30.3 Å². The van der Waals surface area contributed by atoms with Crippen molar-refractivity contribution in [3.8, 4) is 0 Å². The number of benzene rings is 1. The highest BCUT2D eigenvalue weighted by Gasteiger charge is 2.13. The van der Waals surface area contributed by atoms with Gasteiger partial charge in [0.2, 0.25) is 5.91 Å². The van der Waals surface area contributed by atoms with Crippen molar-refractivity contribution in [3.05, 3.63) is 35.9 Å². The van der Waals surface area contributed by atoms with Crippen LogP contribution in [0.4, 0.5) is 0 Å². The van der Waals surface area contributed by atoms with Crippen LogP contribution in [-0.2, 0) is 4.79 Å². The van der Waals surface area contributed by atoms with Gasteiger partial charge in [-0.25, -0.2) is 0 Å². The lowest BCUT2D eigenvalue weighted by molar-refractivity contribution is -0.122. The third-order valence-corrected chi connectivity index (χ3v) is 2.52. The molecule has 0 spiro atoms. The zero-order valence-electron chi connectivity index (χ0n) is 9.78. The summed E-state index contributed by atoms with van der Waals surface area (Å²) in [7, 11) is 0. The van der Waals surface area contributed by atoms with Gasteiger partial charge >= 0.3 is 0 Å². The second-order valence-corrected chi connectivity index (χ2v) is 3.89. The maximum Gasteiger partial charge on any atom is 0.241 e. The summed E-state index contributed by atoms with van der Waals surface area (Å²) < 4.78 is 0. The van der Waals surface area contributed by atoms with Gasteiger partial charge in [-0.2, -0.15) is 0 Å². The van der Waals surface area contributed by atoms with E-state index in [9.17, 15) is 4.79 Å². The molecule has 0 unspecified atom stereocenters. The molecule has 1 aromatic carbocycles. The fraction of sp³-hybridized carbons (Fsp3) is 0.462. The van der Waals surface area contributed by atoms with Crippen LogP contribution in [0.15, 0.2) is 30.3 Å². The molecule has 16 heavy (non-hydrogen) atoms. The number of unbranched alkanes of at least 4 members (excludes halogenated alkanes) is 2. The monoisotopic (exact) mass is 220 g/mol. The van der Waals surface area contributed by atoms with Gasteiger partial charge in [-0.3, -0.25) is 4.79 Å². The van der Waals surface area contributed by atoms with E-state index in [2.05, 4.69) is 12.2 Å². The number of carbonyl (C=O) groups is 1. The Morgan fingerprint density at radius 2 is 2.00 bits per heavy atom. The van der Waals surface area contributed by atoms with E-state index in [4.69, 9.17) is 5.73 Å². The van der Waals surface area contributed by atoms with Crippen molar-refractivity contribution in [1.82, 2.24) is 5.32 Å². The molecule has 88 valence electrons. The van der Waals surface area contributed by atoms with Crippen LogP contribution in [0.5, 0.6) is 0 Å². The summed E-state index contributed by atoms with van der Waals surface area (Å²) >= 11 is 0. The predicted molar refractivity (Wildman–Crippen MR) is 65.9 cm³/mol. The van der Waals surface area contributed by atoms with Gasteiger partial charge in [0.25, 0.3) is 0 Å². The minimum Gasteiger partial charge on any atom is -0.354 e. The Morgan fingerprint density at radius 3 is 2.62 bits per heavy atom. The average molecular weight is 220 g/mol. The molecule has 0 aliphatic carbocycles. The number of carbonyl (C=O) groups excluding carboxylic acids is 1. The highest BCUT2D eigenvalue weighted by Crippen LogP contribution is 2.09. The number of hydrogen-bond acceptors (Lipinski definition) is 2. The molecule has 0 heterocycles. The Labute approximate surface area is 97.0 Å². The second-order valence-electron chi connectivity index (χ2n) is 3.89. The maximum absolute atomic E-state index is 11.7. The van der Waals surface area contributed by atoms with Gasteiger partial charge in [0, 0.05) is 6.54 Å². The molecule has 0 fully saturated rings. The molecule has 0 saturated heterocycles. The minimum atomic E-state index is -0.553. The largest absolute Gasteiger partial charge is 0.354 e. The molecule has 0 saturated carbocycles. The first kappa shape index (κ1) is 12.7. The molecule has 0 aromatic heterocycles. The summed E-state index contributed by atoms with van der Waals surface area (Å²) in [5.41, 5.74) is 6.70. The minimum absolute atomic E-state index is 0.0951. The molecule has 1 atom stereocenters. The fourth-order valence-electron chi connectivity index (χ4n) is 1.51. The highest BCUT2D eigenvalue weighted by molar-refractivity contribution is 5.82. The zero-order valence-corrected chi connectivity index (χ0v) is 9.78. The van der Waals surface area contributed by atoms with Gasteiger partial charge in [0.05, 0.1) is 0 Å². The third-order valence-electron chi connectivity index (χ3n) is 2.52. The van der Waals surface area contributed by atoms with E-state index in [0.717, 1.165) is 24.8 Å². The van der Waals surface area contributed by atoms with Crippen molar-refractivity contribution < 1.29 is 4.79 Å². The number of hydrogen-bond donors (Lipinski definition) is 2. The number of rotatable bonds is 6. The Morgan fingerprint density at radius 1 is 1.31 bits per heavy atom. The molecular weight excluding hydrogens is 200 g/mol. The van der Waals surface area contributed by atoms with Crippen molar-refractivity contribution in [2.45, 2.75) is 32.2 Å². The predicted octanol–water partition coefficient (Wildman–Crippen LogP) is 1.99. The highest BCUT2D eigenvalue weighted by atomic mass is 16.2. The first-order chi connectivity index (χ1) is 7.75. The summed E-state index contributed by atoms with van der Waals surface area (Å²) in [6, 6.07) is 8.88. The van der Waals surface area contributed by atoms with Crippen molar-refractivity contribution in [3.63, 3.8) is 0 Å². The molecule has 0 bridgehead atoms. The zero-order chi connectivity index (χ0) is 11.8. The van der Waals surface area contributed by atoms with E-state index in [-0.39, 0.29) is 5.91 Å². The Hall–Kier alpha value is -1.35. The molecule has 0 aliphatic heterocycles. The molecule has 1 aromatic rings. The van der Waals surface area contributed by atoms with Gasteiger partial charge in [0.15, 0.2) is 0 Å². The Balaban J connectivity index is 2.37. The molecule has 3 heteroatoms. The van der Waals surface area contributed by atoms with E-state index < -0.39 is 6.04 Å². The summed E-state index contributed by atoms with van der Waals surface area (Å²) in [5, 5.41) is 2.85. The lowest BCUT2D eigenvalue weighted by Crippen LogP contribution is -2.34. The van der Waals surface area contributed by atoms with E-state index in [0.29, 0.717) is 6.54 Å². The molecular formula is C13H20N2O. The van der Waals surface area contributed by atoms with Crippen molar-refractivity contribution in [2.75, 3.05) is 6.54 Å². The molecule has 0 aliphatic rings. The fourth-order valence-corrected chi connectivity index (χ4v) is 1.51. The van der Waals surface area contributed by atoms with Crippen LogP contribution in [0.25, 0.3) is 0 Å². The maximum atomic E-state index is 11.7. The van der Waals surface area contributed by atoms with Gasteiger partial charge in [0.1, 0.15) is 6.04 Å². The van der Waals surface area contributed by atoms with Crippen LogP contribution in [0.1, 0.15) is 37.8 Å². The lowest BCUT2D eigenvalue weighted by Gasteiger charge is -2.12. The van der Waals surface area contributed by atoms with Crippen LogP contribution < -0.4 is 11.1 Å². The van der Waals surface area contributed by atoms with Crippen molar-refractivity contribution >= 4 is 5.91 Å². The summed E-state index contributed by atoms with van der Waals surface area (Å²) in [4.78, 5) is 11.7. The number of amides is 1. The Bertz CT molecular complexity index is 311. The standard InChI is InChI=1S/C13H20N2O/c1-2-3-7-10-15-13(16)12(14)11-8-5-4-6-9-11/h4-6,8-9,12H,2-3,7,10,14H2,1H3,(H,15,16)/t12-/m1/s1. The molecule has 3 nitrogen and oxygen atoms in total. The van der Waals surface area contributed by atoms with Gasteiger partial charge < -0.3 is 11.1 Å². The third kappa shape index (κ3) is 4.03. The Kier molecular flexibility index (Phi) is 5.57. The van der Waals surface area contributed by atoms with Crippen LogP contribution >= 0.6 is 0 Å². The SMILES string of the molecule is CCCCCNC(=O)[C@H](N)c1ccccc1. The van der Waals surface area contributed by atoms with E-state index >= 15 is 0 Å². The molecule has 1 amide bonds. The number of nitrogens with two attached hydrogens (primary N) is 1. The van der Waals surface area contributed by atoms with Crippen molar-refractivity contribution in [2.24, 2.45) is 5.73 Å². The van der Waals surface area contributed by atoms with Crippen molar-refractivity contribution in [1.29, 1.82) is 0 Å². The van der Waals surface area contributed by atoms with Crippen LogP contribution in [0.2, 0.25) is 0 Å². The molecule has 0 radical (unpaired) electrons. The van der Waals surface area contributed by atoms with Crippen LogP contribution in [0.3, 0.4) is 0 Å². The van der Waals surface area contributed by atoms with Crippen LogP contribution in [0, 0.1) is 0 Å². The summed E-state index contributed by atoms with van der Waals surface area (Å²) in [6.07, 6.45) is 3.31. The van der Waals surface area contributed by atoms with Crippen LogP contribution in [-0.4, -0.2) is 12.5 Å². The first-order valence-corrected chi connectivity index (χ1v) is 5.84. The normalized spacial score (nSPS) is 12.1. The smallest absolute Gasteiger partial charge is 0.241 e. The summed E-state index contributed by atoms with van der Waals surface area (Å²) in [6.45, 7) is 2.85. The van der Waals surface area contributed by atoms with Gasteiger partial charge in [-0.05, 0) is 12.0 Å². The van der Waals surface area contributed by atoms with E-state index in [1.165, 1.54) is 0 Å². The average Bonchev–Trinajstić information content (AvgIpc) is 2.34. The van der Waals surface area contributed by atoms with Gasteiger partial charge in [-0.1, -0.05) is 50.1 Å². The van der Waals surface area contributed by atoms with E-state index in [1.54, 1.807) is 0 Å². The second kappa shape index (κ2) is 7.01. The number of nitrogens with one attached hydrogen (secondary N) is 1. The lowest BCUT2D eigenvalue weighted by atomic mass is 10.1.